The molecule has 2 aliphatic heterocycles. The van der Waals surface area contributed by atoms with Crippen molar-refractivity contribution in [1.82, 2.24) is 19.9 Å². The quantitative estimate of drug-likeness (QED) is 0.575. The Morgan fingerprint density at radius 2 is 2.06 bits per heavy atom. The van der Waals surface area contributed by atoms with Crippen LogP contribution < -0.4 is 5.73 Å². The van der Waals surface area contributed by atoms with E-state index < -0.39 is 5.60 Å². The van der Waals surface area contributed by atoms with Crippen molar-refractivity contribution in [2.75, 3.05) is 18.9 Å². The van der Waals surface area contributed by atoms with Crippen molar-refractivity contribution in [3.63, 3.8) is 0 Å². The standard InChI is InChI=1S/C27H31N5O3/c1-27(2,3)35-26(33)32-9-4-5-24(32)20-12-18(11-17-7-10-34-15-22(17)20)19-13-21(25(28)30-14-19)23-6-8-29-16-31-23/h6,8,11-14,16,24H,4-5,7,9-10,15H2,1-3H3,(H2,28,30). The van der Waals surface area contributed by atoms with Crippen molar-refractivity contribution in [2.24, 2.45) is 0 Å². The molecule has 0 bridgehead atoms. The number of amides is 1. The van der Waals surface area contributed by atoms with Gasteiger partial charge in [-0.25, -0.2) is 19.7 Å². The Morgan fingerprint density at radius 3 is 2.83 bits per heavy atom. The van der Waals surface area contributed by atoms with Gasteiger partial charge < -0.3 is 20.1 Å². The van der Waals surface area contributed by atoms with Gasteiger partial charge in [-0.05, 0) is 80.5 Å². The molecule has 2 aliphatic rings. The molecule has 3 aromatic rings. The number of carbonyl (C=O) groups excluding carboxylic acids is 1. The van der Waals surface area contributed by atoms with Crippen LogP contribution in [0.25, 0.3) is 22.4 Å². The molecule has 1 atom stereocenters. The largest absolute Gasteiger partial charge is 0.444 e. The highest BCUT2D eigenvalue weighted by Crippen LogP contribution is 2.40. The molecule has 182 valence electrons. The molecule has 0 spiro atoms. The van der Waals surface area contributed by atoms with Crippen molar-refractivity contribution >= 4 is 11.9 Å². The van der Waals surface area contributed by atoms with Crippen molar-refractivity contribution in [3.05, 3.63) is 59.7 Å². The van der Waals surface area contributed by atoms with E-state index >= 15 is 0 Å². The smallest absolute Gasteiger partial charge is 0.410 e. The number of nitrogens with zero attached hydrogens (tertiary/aromatic N) is 4. The van der Waals surface area contributed by atoms with Crippen LogP contribution in [0.5, 0.6) is 0 Å². The SMILES string of the molecule is CC(C)(C)OC(=O)N1CCCC1c1cc(-c2cnc(N)c(-c3ccncn3)c2)cc2c1COCC2. The zero-order valence-corrected chi connectivity index (χ0v) is 20.5. The molecule has 1 unspecified atom stereocenters. The second-order valence-corrected chi connectivity index (χ2v) is 10.1. The number of likely N-dealkylation sites (tertiary alicyclic amines) is 1. The highest BCUT2D eigenvalue weighted by molar-refractivity contribution is 5.78. The lowest BCUT2D eigenvalue weighted by atomic mass is 9.88. The first-order valence-electron chi connectivity index (χ1n) is 12.1. The third-order valence-corrected chi connectivity index (χ3v) is 6.49. The van der Waals surface area contributed by atoms with Gasteiger partial charge in [0.15, 0.2) is 0 Å². The van der Waals surface area contributed by atoms with Crippen molar-refractivity contribution in [2.45, 2.75) is 58.3 Å². The van der Waals surface area contributed by atoms with Crippen LogP contribution >= 0.6 is 0 Å². The minimum atomic E-state index is -0.540. The summed E-state index contributed by atoms with van der Waals surface area (Å²) in [7, 11) is 0. The van der Waals surface area contributed by atoms with Gasteiger partial charge in [0.1, 0.15) is 17.7 Å². The van der Waals surface area contributed by atoms with Crippen molar-refractivity contribution in [3.8, 4) is 22.4 Å². The van der Waals surface area contributed by atoms with Gasteiger partial charge in [0.2, 0.25) is 0 Å². The molecule has 1 amide bonds. The molecule has 1 saturated heterocycles. The Hall–Kier alpha value is -3.52. The van der Waals surface area contributed by atoms with Crippen LogP contribution in [0.15, 0.2) is 43.0 Å². The Balaban J connectivity index is 1.57. The number of ether oxygens (including phenoxy) is 2. The number of aromatic nitrogens is 3. The predicted molar refractivity (Wildman–Crippen MR) is 133 cm³/mol. The number of nitrogen functional groups attached to an aromatic ring is 1. The zero-order chi connectivity index (χ0) is 24.6. The molecule has 5 rings (SSSR count). The summed E-state index contributed by atoms with van der Waals surface area (Å²) in [5.74, 6) is 0.422. The van der Waals surface area contributed by atoms with Gasteiger partial charge in [0.05, 0.1) is 24.9 Å². The third kappa shape index (κ3) is 4.84. The minimum absolute atomic E-state index is 0.0525. The van der Waals surface area contributed by atoms with Gasteiger partial charge in [0, 0.05) is 30.1 Å². The van der Waals surface area contributed by atoms with E-state index in [0.717, 1.165) is 47.2 Å². The second kappa shape index (κ2) is 9.26. The maximum absolute atomic E-state index is 13.0. The van der Waals surface area contributed by atoms with Crippen LogP contribution in [0.4, 0.5) is 10.6 Å². The van der Waals surface area contributed by atoms with Crippen molar-refractivity contribution < 1.29 is 14.3 Å². The number of carbonyl (C=O) groups is 1. The van der Waals surface area contributed by atoms with Gasteiger partial charge in [-0.3, -0.25) is 0 Å². The van der Waals surface area contributed by atoms with E-state index in [4.69, 9.17) is 15.2 Å². The number of benzene rings is 1. The molecular formula is C27H31N5O3. The summed E-state index contributed by atoms with van der Waals surface area (Å²) >= 11 is 0. The fourth-order valence-electron chi connectivity index (χ4n) is 4.89. The zero-order valence-electron chi connectivity index (χ0n) is 20.5. The van der Waals surface area contributed by atoms with E-state index in [0.29, 0.717) is 25.6 Å². The maximum atomic E-state index is 13.0. The molecule has 8 heteroatoms. The lowest BCUT2D eigenvalue weighted by Gasteiger charge is -2.31. The summed E-state index contributed by atoms with van der Waals surface area (Å²) in [6.07, 6.45) is 7.38. The topological polar surface area (TPSA) is 103 Å². The fraction of sp³-hybridized carbons (Fsp3) is 0.407. The molecule has 0 aliphatic carbocycles. The van der Waals surface area contributed by atoms with E-state index in [1.54, 1.807) is 12.4 Å². The first-order chi connectivity index (χ1) is 16.8. The van der Waals surface area contributed by atoms with Gasteiger partial charge in [-0.2, -0.15) is 0 Å². The summed E-state index contributed by atoms with van der Waals surface area (Å²) in [5, 5.41) is 0. The summed E-state index contributed by atoms with van der Waals surface area (Å²) in [4.78, 5) is 27.7. The van der Waals surface area contributed by atoms with E-state index in [1.807, 2.05) is 37.8 Å². The maximum Gasteiger partial charge on any atom is 0.410 e. The number of hydrogen-bond donors (Lipinski definition) is 1. The normalized spacial score (nSPS) is 17.8. The molecule has 8 nitrogen and oxygen atoms in total. The molecule has 4 heterocycles. The average molecular weight is 474 g/mol. The highest BCUT2D eigenvalue weighted by atomic mass is 16.6. The van der Waals surface area contributed by atoms with Crippen LogP contribution in [0.3, 0.4) is 0 Å². The fourth-order valence-corrected chi connectivity index (χ4v) is 4.89. The monoisotopic (exact) mass is 473 g/mol. The van der Waals surface area contributed by atoms with Crippen LogP contribution in [0.1, 0.15) is 56.3 Å². The molecule has 2 aromatic heterocycles. The first-order valence-corrected chi connectivity index (χ1v) is 12.1. The summed E-state index contributed by atoms with van der Waals surface area (Å²) in [6, 6.07) is 8.19. The molecule has 0 radical (unpaired) electrons. The lowest BCUT2D eigenvalue weighted by Crippen LogP contribution is -2.36. The Labute approximate surface area is 205 Å². The highest BCUT2D eigenvalue weighted by Gasteiger charge is 2.35. The van der Waals surface area contributed by atoms with Gasteiger partial charge >= 0.3 is 6.09 Å². The number of hydrogen-bond acceptors (Lipinski definition) is 7. The molecule has 0 saturated carbocycles. The first kappa shape index (κ1) is 23.2. The van der Waals surface area contributed by atoms with E-state index in [9.17, 15) is 4.79 Å². The Kier molecular flexibility index (Phi) is 6.15. The molecule has 1 aromatic carbocycles. The van der Waals surface area contributed by atoms with Gasteiger partial charge in [0.25, 0.3) is 0 Å². The second-order valence-electron chi connectivity index (χ2n) is 10.1. The summed E-state index contributed by atoms with van der Waals surface area (Å²) in [6.45, 7) is 7.61. The lowest BCUT2D eigenvalue weighted by molar-refractivity contribution is 0.0221. The molecular weight excluding hydrogens is 442 g/mol. The van der Waals surface area contributed by atoms with Gasteiger partial charge in [-0.15, -0.1) is 0 Å². The van der Waals surface area contributed by atoms with Crippen LogP contribution in [0, 0.1) is 0 Å². The van der Waals surface area contributed by atoms with E-state index in [1.165, 1.54) is 17.5 Å². The number of rotatable bonds is 3. The number of pyridine rings is 1. The number of nitrogens with two attached hydrogens (primary N) is 1. The number of fused-ring (bicyclic) bond motifs is 1. The summed E-state index contributed by atoms with van der Waals surface area (Å²) < 4.78 is 11.6. The van der Waals surface area contributed by atoms with E-state index in [-0.39, 0.29) is 12.1 Å². The molecule has 2 N–H and O–H groups in total. The Morgan fingerprint density at radius 1 is 1.20 bits per heavy atom. The van der Waals surface area contributed by atoms with Crippen LogP contribution in [-0.4, -0.2) is 44.7 Å². The molecule has 1 fully saturated rings. The minimum Gasteiger partial charge on any atom is -0.444 e. The van der Waals surface area contributed by atoms with Gasteiger partial charge in [-0.1, -0.05) is 6.07 Å². The van der Waals surface area contributed by atoms with E-state index in [2.05, 4.69) is 27.1 Å². The number of anilines is 1. The average Bonchev–Trinajstić information content (AvgIpc) is 3.33. The summed E-state index contributed by atoms with van der Waals surface area (Å²) in [5.41, 5.74) is 12.7. The predicted octanol–water partition coefficient (Wildman–Crippen LogP) is 4.93. The molecule has 35 heavy (non-hydrogen) atoms. The van der Waals surface area contributed by atoms with Crippen LogP contribution in [0.2, 0.25) is 0 Å². The third-order valence-electron chi connectivity index (χ3n) is 6.49. The van der Waals surface area contributed by atoms with Crippen LogP contribution in [-0.2, 0) is 22.5 Å². The van der Waals surface area contributed by atoms with Crippen molar-refractivity contribution in [1.29, 1.82) is 0 Å². The Bertz CT molecular complexity index is 1240.